The van der Waals surface area contributed by atoms with E-state index in [0.717, 1.165) is 0 Å². The molecule has 0 aliphatic heterocycles. The summed E-state index contributed by atoms with van der Waals surface area (Å²) in [5.41, 5.74) is 0. The minimum Gasteiger partial charge on any atom is -0.295 e. The maximum atomic E-state index is 2.48. The van der Waals surface area contributed by atoms with Crippen molar-refractivity contribution in [2.75, 3.05) is 24.7 Å². The van der Waals surface area contributed by atoms with Crippen molar-refractivity contribution in [1.29, 1.82) is 0 Å². The van der Waals surface area contributed by atoms with Crippen LogP contribution in [0.25, 0.3) is 0 Å². The minimum absolute atomic E-state index is 1.19. The van der Waals surface area contributed by atoms with Crippen LogP contribution in [0, 0.1) is 0 Å². The summed E-state index contributed by atoms with van der Waals surface area (Å²) in [4.78, 5) is 2.48. The van der Waals surface area contributed by atoms with E-state index < -0.39 is 0 Å². The molecule has 0 aliphatic carbocycles. The summed E-state index contributed by atoms with van der Waals surface area (Å²) in [5.74, 6) is 2.57. The van der Waals surface area contributed by atoms with Gasteiger partial charge in [-0.15, -0.1) is 11.8 Å². The highest BCUT2D eigenvalue weighted by Gasteiger charge is 1.97. The van der Waals surface area contributed by atoms with Crippen molar-refractivity contribution in [2.45, 2.75) is 46.5 Å². The molecule has 0 heterocycles. The van der Waals surface area contributed by atoms with Gasteiger partial charge >= 0.3 is 0 Å². The number of unbranched alkanes of at least 4 members (excludes halogenated alkanes) is 3. The first-order valence-electron chi connectivity index (χ1n) is 5.65. The summed E-state index contributed by atoms with van der Waals surface area (Å²) in [6, 6.07) is 0. The summed E-state index contributed by atoms with van der Waals surface area (Å²) in [5, 5.41) is 0. The van der Waals surface area contributed by atoms with Gasteiger partial charge in [-0.2, -0.15) is 0 Å². The first kappa shape index (κ1) is 13.3. The Balaban J connectivity index is 3.05. The maximum Gasteiger partial charge on any atom is 0.0444 e. The van der Waals surface area contributed by atoms with Crippen LogP contribution in [0.2, 0.25) is 0 Å². The molecule has 0 amide bonds. The second kappa shape index (κ2) is 10.4. The van der Waals surface area contributed by atoms with Gasteiger partial charge in [-0.05, 0) is 25.3 Å². The Morgan fingerprint density at radius 2 is 1.62 bits per heavy atom. The summed E-state index contributed by atoms with van der Waals surface area (Å²) in [6.07, 6.45) is 5.58. The first-order valence-corrected chi connectivity index (χ1v) is 6.80. The van der Waals surface area contributed by atoms with Gasteiger partial charge in [0, 0.05) is 5.88 Å². The van der Waals surface area contributed by atoms with Crippen LogP contribution in [0.1, 0.15) is 46.5 Å². The van der Waals surface area contributed by atoms with Crippen molar-refractivity contribution in [1.82, 2.24) is 4.90 Å². The van der Waals surface area contributed by atoms with Gasteiger partial charge in [-0.25, -0.2) is 0 Å². The lowest BCUT2D eigenvalue weighted by Crippen LogP contribution is -2.22. The molecule has 0 fully saturated rings. The zero-order valence-electron chi connectivity index (χ0n) is 9.51. The molecule has 0 radical (unpaired) electrons. The Morgan fingerprint density at radius 3 is 2.15 bits per heavy atom. The smallest absolute Gasteiger partial charge is 0.0444 e. The second-order valence-electron chi connectivity index (χ2n) is 3.40. The van der Waals surface area contributed by atoms with Gasteiger partial charge in [-0.1, -0.05) is 40.0 Å². The van der Waals surface area contributed by atoms with Crippen LogP contribution in [0.4, 0.5) is 0 Å². The third-order valence-electron chi connectivity index (χ3n) is 2.31. The molecule has 0 aromatic carbocycles. The third-order valence-corrected chi connectivity index (χ3v) is 3.44. The van der Waals surface area contributed by atoms with Gasteiger partial charge in [0.1, 0.15) is 0 Å². The van der Waals surface area contributed by atoms with Crippen molar-refractivity contribution in [3.8, 4) is 0 Å². The van der Waals surface area contributed by atoms with Crippen LogP contribution in [-0.4, -0.2) is 29.6 Å². The molecule has 0 aliphatic rings. The number of rotatable bonds is 9. The van der Waals surface area contributed by atoms with Crippen LogP contribution in [0.5, 0.6) is 0 Å². The molecule has 0 unspecified atom stereocenters. The van der Waals surface area contributed by atoms with Gasteiger partial charge in [0.05, 0.1) is 0 Å². The fourth-order valence-corrected chi connectivity index (χ4v) is 2.39. The molecule has 0 aromatic heterocycles. The predicted molar refractivity (Wildman–Crippen MR) is 64.4 cm³/mol. The van der Waals surface area contributed by atoms with E-state index in [4.69, 9.17) is 0 Å². The Hall–Kier alpha value is 0.310. The first-order chi connectivity index (χ1) is 6.35. The molecular formula is C11H25NS. The summed E-state index contributed by atoms with van der Waals surface area (Å²) < 4.78 is 0. The molecule has 0 atom stereocenters. The normalized spacial score (nSPS) is 11.1. The Kier molecular flexibility index (Phi) is 10.6. The van der Waals surface area contributed by atoms with E-state index in [1.54, 1.807) is 0 Å². The van der Waals surface area contributed by atoms with Crippen LogP contribution in [0.15, 0.2) is 0 Å². The van der Waals surface area contributed by atoms with Gasteiger partial charge < -0.3 is 0 Å². The minimum atomic E-state index is 1.19. The van der Waals surface area contributed by atoms with E-state index in [1.165, 1.54) is 50.4 Å². The molecule has 0 saturated carbocycles. The highest BCUT2D eigenvalue weighted by molar-refractivity contribution is 7.99. The molecule has 13 heavy (non-hydrogen) atoms. The fraction of sp³-hybridized carbons (Fsp3) is 1.00. The average Bonchev–Trinajstić information content (AvgIpc) is 2.17. The topological polar surface area (TPSA) is 3.24 Å². The number of hydrogen-bond donors (Lipinski definition) is 0. The van der Waals surface area contributed by atoms with E-state index in [-0.39, 0.29) is 0 Å². The summed E-state index contributed by atoms with van der Waals surface area (Å²) >= 11 is 2.09. The van der Waals surface area contributed by atoms with E-state index in [1.807, 2.05) is 0 Å². The quantitative estimate of drug-likeness (QED) is 0.416. The predicted octanol–water partition coefficient (Wildman–Crippen LogP) is 3.60. The molecule has 1 nitrogen and oxygen atoms in total. The molecular weight excluding hydrogens is 178 g/mol. The average molecular weight is 203 g/mol. The lowest BCUT2D eigenvalue weighted by molar-refractivity contribution is 0.358. The summed E-state index contributed by atoms with van der Waals surface area (Å²) in [6.45, 7) is 9.13. The second-order valence-corrected chi connectivity index (χ2v) is 4.48. The third kappa shape index (κ3) is 8.63. The molecule has 80 valence electrons. The monoisotopic (exact) mass is 203 g/mol. The largest absolute Gasteiger partial charge is 0.295 e. The Labute approximate surface area is 88.3 Å². The molecule has 2 heteroatoms. The lowest BCUT2D eigenvalue weighted by atomic mass is 10.2. The van der Waals surface area contributed by atoms with E-state index in [2.05, 4.69) is 37.4 Å². The lowest BCUT2D eigenvalue weighted by Gasteiger charge is -2.16. The molecule has 0 aromatic rings. The van der Waals surface area contributed by atoms with Crippen molar-refractivity contribution < 1.29 is 0 Å². The Morgan fingerprint density at radius 1 is 0.923 bits per heavy atom. The summed E-state index contributed by atoms with van der Waals surface area (Å²) in [7, 11) is 0. The number of thioether (sulfide) groups is 1. The zero-order chi connectivity index (χ0) is 9.94. The van der Waals surface area contributed by atoms with E-state index in [0.29, 0.717) is 0 Å². The van der Waals surface area contributed by atoms with Crippen molar-refractivity contribution in [3.63, 3.8) is 0 Å². The van der Waals surface area contributed by atoms with Gasteiger partial charge in [0.25, 0.3) is 0 Å². The highest BCUT2D eigenvalue weighted by Crippen LogP contribution is 2.08. The van der Waals surface area contributed by atoms with Gasteiger partial charge in [0.15, 0.2) is 0 Å². The SMILES string of the molecule is CCCCCCSCN(CC)CC. The standard InChI is InChI=1S/C11H25NS/c1-4-7-8-9-10-13-11-12(5-2)6-3/h4-11H2,1-3H3. The highest BCUT2D eigenvalue weighted by atomic mass is 32.2. The number of nitrogens with zero attached hydrogens (tertiary/aromatic N) is 1. The van der Waals surface area contributed by atoms with Crippen LogP contribution in [-0.2, 0) is 0 Å². The van der Waals surface area contributed by atoms with Crippen LogP contribution in [0.3, 0.4) is 0 Å². The van der Waals surface area contributed by atoms with Gasteiger partial charge in [-0.3, -0.25) is 4.90 Å². The molecule has 0 saturated heterocycles. The van der Waals surface area contributed by atoms with Gasteiger partial charge in [0.2, 0.25) is 0 Å². The zero-order valence-corrected chi connectivity index (χ0v) is 10.3. The number of hydrogen-bond acceptors (Lipinski definition) is 2. The molecule has 0 rings (SSSR count). The van der Waals surface area contributed by atoms with Crippen molar-refractivity contribution in [2.24, 2.45) is 0 Å². The van der Waals surface area contributed by atoms with Crippen LogP contribution < -0.4 is 0 Å². The molecule has 0 N–H and O–H groups in total. The van der Waals surface area contributed by atoms with Crippen LogP contribution >= 0.6 is 11.8 Å². The maximum absolute atomic E-state index is 2.48. The van der Waals surface area contributed by atoms with Crippen molar-refractivity contribution >= 4 is 11.8 Å². The van der Waals surface area contributed by atoms with E-state index >= 15 is 0 Å². The fourth-order valence-electron chi connectivity index (χ4n) is 1.23. The molecule has 0 spiro atoms. The Bertz CT molecular complexity index is 92.1. The molecule has 0 bridgehead atoms. The van der Waals surface area contributed by atoms with Crippen molar-refractivity contribution in [3.05, 3.63) is 0 Å². The van der Waals surface area contributed by atoms with E-state index in [9.17, 15) is 0 Å².